The average Bonchev–Trinajstić information content (AvgIpc) is 2.54. The van der Waals surface area contributed by atoms with Gasteiger partial charge in [-0.05, 0) is 33.1 Å². The van der Waals surface area contributed by atoms with Crippen LogP contribution < -0.4 is 5.32 Å². The van der Waals surface area contributed by atoms with Crippen molar-refractivity contribution in [1.82, 2.24) is 5.32 Å². The van der Waals surface area contributed by atoms with E-state index in [-0.39, 0.29) is 12.3 Å². The van der Waals surface area contributed by atoms with Gasteiger partial charge in [0.05, 0.1) is 6.04 Å². The van der Waals surface area contributed by atoms with Crippen LogP contribution in [0.1, 0.15) is 33.6 Å². The van der Waals surface area contributed by atoms with E-state index in [0.717, 1.165) is 0 Å². The third-order valence-electron chi connectivity index (χ3n) is 3.10. The van der Waals surface area contributed by atoms with E-state index in [1.165, 1.54) is 0 Å². The predicted octanol–water partition coefficient (Wildman–Crippen LogP) is 1.71. The highest BCUT2D eigenvalue weighted by Gasteiger charge is 2.58. The average molecular weight is 233 g/mol. The Bertz CT molecular complexity index is 312. The van der Waals surface area contributed by atoms with Gasteiger partial charge in [0.15, 0.2) is 0 Å². The molecule has 2 bridgehead atoms. The van der Waals surface area contributed by atoms with Crippen LogP contribution in [0.25, 0.3) is 0 Å². The number of fused-ring (bicyclic) bond motifs is 2. The Hall–Kier alpha value is -0.710. The van der Waals surface area contributed by atoms with Gasteiger partial charge in [0, 0.05) is 6.42 Å². The molecule has 1 heterocycles. The lowest BCUT2D eigenvalue weighted by Gasteiger charge is -2.30. The Morgan fingerprint density at radius 2 is 2.06 bits per heavy atom. The third kappa shape index (κ3) is 2.05. The highest BCUT2D eigenvalue weighted by atomic mass is 19.3. The maximum absolute atomic E-state index is 13.2. The molecule has 0 spiro atoms. The van der Waals surface area contributed by atoms with Gasteiger partial charge in [0.25, 0.3) is 5.92 Å². The summed E-state index contributed by atoms with van der Waals surface area (Å²) in [7, 11) is 0. The minimum Gasteiger partial charge on any atom is -0.459 e. The zero-order valence-corrected chi connectivity index (χ0v) is 9.72. The van der Waals surface area contributed by atoms with Crippen LogP contribution in [-0.4, -0.2) is 29.6 Å². The maximum Gasteiger partial charge on any atom is 0.323 e. The molecule has 1 saturated heterocycles. The van der Waals surface area contributed by atoms with Crippen molar-refractivity contribution in [3.05, 3.63) is 0 Å². The molecule has 5 heteroatoms. The van der Waals surface area contributed by atoms with Gasteiger partial charge in [-0.3, -0.25) is 10.1 Å². The van der Waals surface area contributed by atoms with Crippen molar-refractivity contribution in [2.45, 2.75) is 57.2 Å². The van der Waals surface area contributed by atoms with E-state index in [4.69, 9.17) is 4.74 Å². The van der Waals surface area contributed by atoms with Crippen LogP contribution >= 0.6 is 0 Å². The molecule has 2 aliphatic rings. The molecule has 1 aliphatic heterocycles. The summed E-state index contributed by atoms with van der Waals surface area (Å²) < 4.78 is 31.6. The van der Waals surface area contributed by atoms with Gasteiger partial charge in [-0.15, -0.1) is 0 Å². The van der Waals surface area contributed by atoms with E-state index in [0.29, 0.717) is 6.42 Å². The summed E-state index contributed by atoms with van der Waals surface area (Å²) in [5, 5.41) is 2.68. The first-order valence-corrected chi connectivity index (χ1v) is 5.56. The molecule has 1 aliphatic carbocycles. The van der Waals surface area contributed by atoms with E-state index in [1.807, 2.05) is 0 Å². The Labute approximate surface area is 93.5 Å². The standard InChI is InChI=1S/C11H17F2NO2/c1-10(2,3)16-9(15)8-6-4-7(14-8)11(12,13)5-6/h6-8,14H,4-5H2,1-3H3/t6?,7?,8-/m0/s1. The van der Waals surface area contributed by atoms with Crippen molar-refractivity contribution >= 4 is 5.97 Å². The number of piperidine rings is 1. The Balaban J connectivity index is 1.98. The van der Waals surface area contributed by atoms with Gasteiger partial charge in [0.1, 0.15) is 11.6 Å². The van der Waals surface area contributed by atoms with E-state index in [1.54, 1.807) is 20.8 Å². The molecule has 0 aromatic carbocycles. The van der Waals surface area contributed by atoms with Crippen LogP contribution in [-0.2, 0) is 9.53 Å². The monoisotopic (exact) mass is 233 g/mol. The van der Waals surface area contributed by atoms with Crippen LogP contribution in [0, 0.1) is 5.92 Å². The van der Waals surface area contributed by atoms with Crippen molar-refractivity contribution in [2.24, 2.45) is 5.92 Å². The van der Waals surface area contributed by atoms with Gasteiger partial charge >= 0.3 is 5.97 Å². The number of carbonyl (C=O) groups excluding carboxylic acids is 1. The molecule has 2 fully saturated rings. The Kier molecular flexibility index (Phi) is 2.49. The maximum atomic E-state index is 13.2. The first-order valence-electron chi connectivity index (χ1n) is 5.56. The number of alkyl halides is 2. The lowest BCUT2D eigenvalue weighted by Crippen LogP contribution is -2.52. The van der Waals surface area contributed by atoms with Crippen molar-refractivity contribution < 1.29 is 18.3 Å². The molecule has 16 heavy (non-hydrogen) atoms. The number of hydrogen-bond acceptors (Lipinski definition) is 3. The molecule has 3 atom stereocenters. The number of ether oxygens (including phenoxy) is 1. The summed E-state index contributed by atoms with van der Waals surface area (Å²) in [5.74, 6) is -3.35. The molecule has 92 valence electrons. The molecule has 1 saturated carbocycles. The fourth-order valence-corrected chi connectivity index (χ4v) is 2.47. The van der Waals surface area contributed by atoms with Gasteiger partial charge in [-0.25, -0.2) is 8.78 Å². The zero-order chi connectivity index (χ0) is 12.1. The number of hydrogen-bond donors (Lipinski definition) is 1. The summed E-state index contributed by atoms with van der Waals surface area (Å²) in [6, 6.07) is -1.40. The Morgan fingerprint density at radius 3 is 2.44 bits per heavy atom. The zero-order valence-electron chi connectivity index (χ0n) is 9.72. The number of nitrogens with one attached hydrogen (secondary N) is 1. The lowest BCUT2D eigenvalue weighted by atomic mass is 9.98. The molecule has 2 unspecified atom stereocenters. The lowest BCUT2D eigenvalue weighted by molar-refractivity contribution is -0.160. The summed E-state index contributed by atoms with van der Waals surface area (Å²) in [4.78, 5) is 11.7. The van der Waals surface area contributed by atoms with Gasteiger partial charge in [-0.2, -0.15) is 0 Å². The van der Waals surface area contributed by atoms with E-state index in [9.17, 15) is 13.6 Å². The summed E-state index contributed by atoms with van der Waals surface area (Å²) in [5.41, 5.74) is -0.566. The van der Waals surface area contributed by atoms with Gasteiger partial charge in [-0.1, -0.05) is 0 Å². The summed E-state index contributed by atoms with van der Waals surface area (Å²) in [6.45, 7) is 5.31. The summed E-state index contributed by atoms with van der Waals surface area (Å²) >= 11 is 0. The SMILES string of the molecule is CC(C)(C)OC(=O)[C@H]1NC2CC1CC2(F)F. The minimum absolute atomic E-state index is 0.200. The molecular weight excluding hydrogens is 216 g/mol. The largest absolute Gasteiger partial charge is 0.459 e. The second-order valence-corrected chi connectivity index (χ2v) is 5.69. The van der Waals surface area contributed by atoms with Gasteiger partial charge in [0.2, 0.25) is 0 Å². The smallest absolute Gasteiger partial charge is 0.323 e. The fourth-order valence-electron chi connectivity index (χ4n) is 2.47. The Morgan fingerprint density at radius 1 is 1.44 bits per heavy atom. The first kappa shape index (κ1) is 11.8. The van der Waals surface area contributed by atoms with Crippen molar-refractivity contribution in [3.63, 3.8) is 0 Å². The first-order chi connectivity index (χ1) is 7.19. The molecular formula is C11H17F2NO2. The van der Waals surface area contributed by atoms with Crippen LogP contribution in [0.15, 0.2) is 0 Å². The highest BCUT2D eigenvalue weighted by Crippen LogP contribution is 2.46. The minimum atomic E-state index is -2.66. The molecule has 1 N–H and O–H groups in total. The quantitative estimate of drug-likeness (QED) is 0.701. The third-order valence-corrected chi connectivity index (χ3v) is 3.10. The van der Waals surface area contributed by atoms with Crippen LogP contribution in [0.4, 0.5) is 8.78 Å². The fraction of sp³-hybridized carbons (Fsp3) is 0.909. The number of rotatable bonds is 1. The number of carbonyl (C=O) groups is 1. The summed E-state index contributed by atoms with van der Waals surface area (Å²) in [6.07, 6.45) is 0.172. The molecule has 0 aromatic rings. The van der Waals surface area contributed by atoms with Crippen LogP contribution in [0.5, 0.6) is 0 Å². The number of esters is 1. The normalized spacial score (nSPS) is 36.4. The molecule has 2 rings (SSSR count). The van der Waals surface area contributed by atoms with Crippen LogP contribution in [0.3, 0.4) is 0 Å². The second kappa shape index (κ2) is 3.39. The molecule has 3 nitrogen and oxygen atoms in total. The molecule has 0 radical (unpaired) electrons. The van der Waals surface area contributed by atoms with Crippen molar-refractivity contribution in [3.8, 4) is 0 Å². The van der Waals surface area contributed by atoms with Crippen molar-refractivity contribution in [2.75, 3.05) is 0 Å². The predicted molar refractivity (Wildman–Crippen MR) is 54.2 cm³/mol. The highest BCUT2D eigenvalue weighted by molar-refractivity contribution is 5.77. The van der Waals surface area contributed by atoms with E-state index in [2.05, 4.69) is 5.32 Å². The van der Waals surface area contributed by atoms with E-state index < -0.39 is 29.6 Å². The van der Waals surface area contributed by atoms with Crippen LogP contribution in [0.2, 0.25) is 0 Å². The van der Waals surface area contributed by atoms with E-state index >= 15 is 0 Å². The second-order valence-electron chi connectivity index (χ2n) is 5.69. The van der Waals surface area contributed by atoms with Crippen molar-refractivity contribution in [1.29, 1.82) is 0 Å². The molecule has 0 amide bonds. The topological polar surface area (TPSA) is 38.3 Å². The number of halogens is 2. The molecule has 0 aromatic heterocycles. The van der Waals surface area contributed by atoms with Gasteiger partial charge < -0.3 is 4.74 Å².